The first-order valence-corrected chi connectivity index (χ1v) is 8.79. The lowest BCUT2D eigenvalue weighted by Gasteiger charge is -2.33. The van der Waals surface area contributed by atoms with E-state index in [-0.39, 0.29) is 6.09 Å². The molecule has 0 radical (unpaired) electrons. The number of nitrogens with zero attached hydrogens (tertiary/aromatic N) is 1. The number of carbonyl (C=O) groups is 1. The van der Waals surface area contributed by atoms with Gasteiger partial charge in [0.1, 0.15) is 5.60 Å². The molecule has 0 bridgehead atoms. The maximum atomic E-state index is 12.2. The standard InChI is InChI=1S/C19H31N3O2/c1-13(2)21-17-12-15(6-7-16(17)20)14-8-10-22(11-9-14)18(23)24-19(3,4)5/h6-7,12-14,21H,8-11,20H2,1-5H3. The van der Waals surface area contributed by atoms with E-state index in [0.717, 1.165) is 37.3 Å². The second-order valence-electron chi connectivity index (χ2n) is 7.89. The third-order valence-corrected chi connectivity index (χ3v) is 4.14. The van der Waals surface area contributed by atoms with Crippen LogP contribution in [0.2, 0.25) is 0 Å². The Balaban J connectivity index is 1.98. The minimum atomic E-state index is -0.442. The van der Waals surface area contributed by atoms with Gasteiger partial charge in [0.05, 0.1) is 11.4 Å². The van der Waals surface area contributed by atoms with Crippen molar-refractivity contribution in [3.63, 3.8) is 0 Å². The molecule has 1 heterocycles. The van der Waals surface area contributed by atoms with Gasteiger partial charge in [0.15, 0.2) is 0 Å². The minimum absolute atomic E-state index is 0.208. The second-order valence-corrected chi connectivity index (χ2v) is 7.89. The van der Waals surface area contributed by atoms with Crippen LogP contribution in [0.25, 0.3) is 0 Å². The Bertz CT molecular complexity index is 570. The summed E-state index contributed by atoms with van der Waals surface area (Å²) >= 11 is 0. The minimum Gasteiger partial charge on any atom is -0.444 e. The Kier molecular flexibility index (Phi) is 5.62. The fourth-order valence-corrected chi connectivity index (χ4v) is 2.99. The molecule has 0 aromatic heterocycles. The first-order valence-electron chi connectivity index (χ1n) is 8.79. The van der Waals surface area contributed by atoms with Crippen LogP contribution >= 0.6 is 0 Å². The molecule has 0 aliphatic carbocycles. The van der Waals surface area contributed by atoms with Crippen LogP contribution in [0.1, 0.15) is 58.9 Å². The lowest BCUT2D eigenvalue weighted by molar-refractivity contribution is 0.0205. The maximum Gasteiger partial charge on any atom is 0.410 e. The number of ether oxygens (including phenoxy) is 1. The van der Waals surface area contributed by atoms with Crippen LogP contribution in [0.15, 0.2) is 18.2 Å². The number of nitrogens with one attached hydrogen (secondary N) is 1. The van der Waals surface area contributed by atoms with Crippen molar-refractivity contribution in [2.24, 2.45) is 0 Å². The fraction of sp³-hybridized carbons (Fsp3) is 0.632. The van der Waals surface area contributed by atoms with E-state index in [0.29, 0.717) is 12.0 Å². The molecule has 3 N–H and O–H groups in total. The topological polar surface area (TPSA) is 67.6 Å². The zero-order chi connectivity index (χ0) is 17.9. The molecule has 0 atom stereocenters. The highest BCUT2D eigenvalue weighted by atomic mass is 16.6. The molecular formula is C19H31N3O2. The van der Waals surface area contributed by atoms with Gasteiger partial charge in [-0.3, -0.25) is 0 Å². The lowest BCUT2D eigenvalue weighted by atomic mass is 9.89. The van der Waals surface area contributed by atoms with Gasteiger partial charge in [-0.15, -0.1) is 0 Å². The molecule has 0 unspecified atom stereocenters. The van der Waals surface area contributed by atoms with Crippen molar-refractivity contribution in [3.8, 4) is 0 Å². The Labute approximate surface area is 145 Å². The van der Waals surface area contributed by atoms with Crippen molar-refractivity contribution in [1.29, 1.82) is 0 Å². The van der Waals surface area contributed by atoms with E-state index in [4.69, 9.17) is 10.5 Å². The first kappa shape index (κ1) is 18.4. The van der Waals surface area contributed by atoms with Gasteiger partial charge >= 0.3 is 6.09 Å². The van der Waals surface area contributed by atoms with Gasteiger partial charge in [-0.1, -0.05) is 6.07 Å². The van der Waals surface area contributed by atoms with Crippen LogP contribution in [0.3, 0.4) is 0 Å². The molecule has 1 saturated heterocycles. The van der Waals surface area contributed by atoms with Crippen LogP contribution < -0.4 is 11.1 Å². The van der Waals surface area contributed by atoms with Gasteiger partial charge in [-0.25, -0.2) is 4.79 Å². The molecular weight excluding hydrogens is 302 g/mol. The Morgan fingerprint density at radius 2 is 1.92 bits per heavy atom. The van der Waals surface area contributed by atoms with Gasteiger partial charge in [0, 0.05) is 19.1 Å². The van der Waals surface area contributed by atoms with Crippen LogP contribution in [0.4, 0.5) is 16.2 Å². The van der Waals surface area contributed by atoms with Crippen molar-refractivity contribution in [2.75, 3.05) is 24.1 Å². The molecule has 0 saturated carbocycles. The number of likely N-dealkylation sites (tertiary alicyclic amines) is 1. The Morgan fingerprint density at radius 3 is 2.46 bits per heavy atom. The Morgan fingerprint density at radius 1 is 1.29 bits per heavy atom. The van der Waals surface area contributed by atoms with Gasteiger partial charge in [-0.2, -0.15) is 0 Å². The van der Waals surface area contributed by atoms with E-state index >= 15 is 0 Å². The highest BCUT2D eigenvalue weighted by Gasteiger charge is 2.27. The van der Waals surface area contributed by atoms with E-state index in [1.807, 2.05) is 31.7 Å². The molecule has 2 rings (SSSR count). The zero-order valence-corrected chi connectivity index (χ0v) is 15.6. The highest BCUT2D eigenvalue weighted by Crippen LogP contribution is 2.32. The van der Waals surface area contributed by atoms with Crippen molar-refractivity contribution >= 4 is 17.5 Å². The molecule has 1 fully saturated rings. The van der Waals surface area contributed by atoms with Crippen LogP contribution in [0, 0.1) is 0 Å². The van der Waals surface area contributed by atoms with Crippen molar-refractivity contribution < 1.29 is 9.53 Å². The van der Waals surface area contributed by atoms with E-state index < -0.39 is 5.60 Å². The lowest BCUT2D eigenvalue weighted by Crippen LogP contribution is -2.41. The largest absolute Gasteiger partial charge is 0.444 e. The predicted molar refractivity (Wildman–Crippen MR) is 99.4 cm³/mol. The average molecular weight is 333 g/mol. The fourth-order valence-electron chi connectivity index (χ4n) is 2.99. The molecule has 0 spiro atoms. The van der Waals surface area contributed by atoms with E-state index in [9.17, 15) is 4.79 Å². The molecule has 1 amide bonds. The Hall–Kier alpha value is -1.91. The molecule has 24 heavy (non-hydrogen) atoms. The summed E-state index contributed by atoms with van der Waals surface area (Å²) in [5.74, 6) is 0.456. The van der Waals surface area contributed by atoms with E-state index in [1.165, 1.54) is 5.56 Å². The summed E-state index contributed by atoms with van der Waals surface area (Å²) in [5.41, 5.74) is 8.68. The number of amides is 1. The van der Waals surface area contributed by atoms with E-state index in [2.05, 4.69) is 31.3 Å². The molecule has 1 aromatic carbocycles. The monoisotopic (exact) mass is 333 g/mol. The van der Waals surface area contributed by atoms with Crippen LogP contribution in [0.5, 0.6) is 0 Å². The van der Waals surface area contributed by atoms with Crippen LogP contribution in [-0.2, 0) is 4.74 Å². The van der Waals surface area contributed by atoms with Crippen molar-refractivity contribution in [1.82, 2.24) is 4.90 Å². The first-order chi connectivity index (χ1) is 11.2. The molecule has 5 nitrogen and oxygen atoms in total. The molecule has 5 heteroatoms. The number of nitrogen functional groups attached to an aromatic ring is 1. The average Bonchev–Trinajstić information content (AvgIpc) is 2.47. The summed E-state index contributed by atoms with van der Waals surface area (Å²) in [6.07, 6.45) is 1.69. The third kappa shape index (κ3) is 5.05. The van der Waals surface area contributed by atoms with Gasteiger partial charge in [-0.05, 0) is 71.1 Å². The normalized spacial score (nSPS) is 16.3. The number of rotatable bonds is 3. The smallest absolute Gasteiger partial charge is 0.410 e. The number of carbonyl (C=O) groups excluding carboxylic acids is 1. The summed E-state index contributed by atoms with van der Waals surface area (Å²) in [6.45, 7) is 11.4. The summed E-state index contributed by atoms with van der Waals surface area (Å²) < 4.78 is 5.46. The highest BCUT2D eigenvalue weighted by molar-refractivity contribution is 5.69. The summed E-state index contributed by atoms with van der Waals surface area (Å²) in [4.78, 5) is 14.0. The number of hydrogen-bond acceptors (Lipinski definition) is 4. The van der Waals surface area contributed by atoms with E-state index in [1.54, 1.807) is 0 Å². The number of anilines is 2. The van der Waals surface area contributed by atoms with Crippen molar-refractivity contribution in [3.05, 3.63) is 23.8 Å². The number of hydrogen-bond donors (Lipinski definition) is 2. The number of piperidine rings is 1. The summed E-state index contributed by atoms with van der Waals surface area (Å²) in [5, 5.41) is 3.40. The van der Waals surface area contributed by atoms with Crippen molar-refractivity contribution in [2.45, 2.75) is 65.0 Å². The molecule has 1 aliphatic rings. The maximum absolute atomic E-state index is 12.2. The molecule has 134 valence electrons. The quantitative estimate of drug-likeness (QED) is 0.813. The zero-order valence-electron chi connectivity index (χ0n) is 15.6. The third-order valence-electron chi connectivity index (χ3n) is 4.14. The molecule has 1 aromatic rings. The summed E-state index contributed by atoms with van der Waals surface area (Å²) in [6, 6.07) is 6.58. The molecule has 1 aliphatic heterocycles. The summed E-state index contributed by atoms with van der Waals surface area (Å²) in [7, 11) is 0. The number of nitrogens with two attached hydrogens (primary N) is 1. The van der Waals surface area contributed by atoms with Gasteiger partial charge in [0.25, 0.3) is 0 Å². The van der Waals surface area contributed by atoms with Gasteiger partial charge < -0.3 is 20.7 Å². The second kappa shape index (κ2) is 7.32. The van der Waals surface area contributed by atoms with Crippen LogP contribution in [-0.4, -0.2) is 35.7 Å². The SMILES string of the molecule is CC(C)Nc1cc(C2CCN(C(=O)OC(C)(C)C)CC2)ccc1N. The number of benzene rings is 1. The van der Waals surface area contributed by atoms with Gasteiger partial charge in [0.2, 0.25) is 0 Å². The predicted octanol–water partition coefficient (Wildman–Crippen LogP) is 4.20.